The molecular weight excluding hydrogens is 825 g/mol. The van der Waals surface area contributed by atoms with E-state index in [1.54, 1.807) is 9.80 Å². The van der Waals surface area contributed by atoms with Gasteiger partial charge in [0.2, 0.25) is 11.8 Å². The minimum absolute atomic E-state index is 0.153. The molecule has 8 rings (SSSR count). The number of urea groups is 2. The Morgan fingerprint density at radius 2 is 1.22 bits per heavy atom. The van der Waals surface area contributed by atoms with Gasteiger partial charge in [-0.2, -0.15) is 0 Å². The molecule has 4 aromatic carbocycles. The van der Waals surface area contributed by atoms with Crippen LogP contribution < -0.4 is 20.7 Å². The highest BCUT2D eigenvalue weighted by molar-refractivity contribution is 5.89. The summed E-state index contributed by atoms with van der Waals surface area (Å²) >= 11 is 0. The summed E-state index contributed by atoms with van der Waals surface area (Å²) in [4.78, 5) is 67.1. The lowest BCUT2D eigenvalue weighted by Crippen LogP contribution is -2.50. The highest BCUT2D eigenvalue weighted by atomic mass is 16.5. The van der Waals surface area contributed by atoms with Crippen LogP contribution in [0, 0.1) is 0 Å². The molecule has 1 aromatic heterocycles. The van der Waals surface area contributed by atoms with Gasteiger partial charge < -0.3 is 49.8 Å². The van der Waals surface area contributed by atoms with E-state index in [0.717, 1.165) is 77.2 Å². The molecule has 0 spiro atoms. The minimum Gasteiger partial charge on any atom is -0.494 e. The van der Waals surface area contributed by atoms with Crippen LogP contribution in [-0.4, -0.2) is 121 Å². The summed E-state index contributed by atoms with van der Waals surface area (Å²) in [6.45, 7) is 5.53. The molecule has 4 heterocycles. The zero-order valence-electron chi connectivity index (χ0n) is 36.7. The third-order valence-electron chi connectivity index (χ3n) is 12.1. The van der Waals surface area contributed by atoms with Gasteiger partial charge in [0.15, 0.2) is 0 Å². The monoisotopic (exact) mass is 882 g/mol. The molecule has 3 unspecified atom stereocenters. The van der Waals surface area contributed by atoms with Crippen molar-refractivity contribution in [3.8, 4) is 28.1 Å². The normalized spacial score (nSPS) is 17.2. The van der Waals surface area contributed by atoms with Crippen LogP contribution in [-0.2, 0) is 19.1 Å². The lowest BCUT2D eigenvalue weighted by Gasteiger charge is -2.32. The SMILES string of the molecule is O=C(NCCCCCOc1ccc(-c2ccc(-c3cnc(C4CCCN4C(=O)C(NC(=O)N4CCOCC4)c4ccccc4)[nH]3)cc2)cc1)C(NC(=O)N1CCOCC1)c1ccccc1. The van der Waals surface area contributed by atoms with E-state index in [1.165, 1.54) is 0 Å². The maximum atomic E-state index is 14.2. The molecule has 340 valence electrons. The Hall–Kier alpha value is -6.71. The van der Waals surface area contributed by atoms with Crippen LogP contribution in [0.2, 0.25) is 0 Å². The van der Waals surface area contributed by atoms with Crippen molar-refractivity contribution in [1.29, 1.82) is 0 Å². The van der Waals surface area contributed by atoms with E-state index in [0.29, 0.717) is 72.3 Å². The van der Waals surface area contributed by atoms with Crippen molar-refractivity contribution in [2.75, 3.05) is 72.3 Å². The molecule has 15 heteroatoms. The lowest BCUT2D eigenvalue weighted by molar-refractivity contribution is -0.134. The first kappa shape index (κ1) is 44.9. The molecule has 0 aliphatic carbocycles. The number of carbonyl (C=O) groups excluding carboxylic acids is 4. The lowest BCUT2D eigenvalue weighted by atomic mass is 10.0. The molecule has 3 atom stereocenters. The second-order valence-electron chi connectivity index (χ2n) is 16.5. The van der Waals surface area contributed by atoms with Crippen LogP contribution in [0.1, 0.15) is 67.2 Å². The third-order valence-corrected chi connectivity index (χ3v) is 12.1. The summed E-state index contributed by atoms with van der Waals surface area (Å²) in [7, 11) is 0. The predicted octanol–water partition coefficient (Wildman–Crippen LogP) is 6.64. The van der Waals surface area contributed by atoms with Crippen molar-refractivity contribution in [2.45, 2.75) is 50.2 Å². The van der Waals surface area contributed by atoms with E-state index in [9.17, 15) is 19.2 Å². The van der Waals surface area contributed by atoms with Gasteiger partial charge in [-0.3, -0.25) is 9.59 Å². The molecule has 5 aromatic rings. The van der Waals surface area contributed by atoms with E-state index < -0.39 is 12.1 Å². The Morgan fingerprint density at radius 1 is 0.662 bits per heavy atom. The fraction of sp³-hybridized carbons (Fsp3) is 0.380. The predicted molar refractivity (Wildman–Crippen MR) is 246 cm³/mol. The first-order chi connectivity index (χ1) is 31.9. The number of likely N-dealkylation sites (tertiary alicyclic amines) is 1. The number of imidazole rings is 1. The van der Waals surface area contributed by atoms with E-state index >= 15 is 0 Å². The number of nitrogens with zero attached hydrogens (tertiary/aromatic N) is 4. The molecule has 3 fully saturated rings. The van der Waals surface area contributed by atoms with E-state index in [2.05, 4.69) is 45.2 Å². The zero-order valence-corrected chi connectivity index (χ0v) is 36.7. The van der Waals surface area contributed by atoms with Gasteiger partial charge in [0.25, 0.3) is 0 Å². The minimum atomic E-state index is -0.822. The summed E-state index contributed by atoms with van der Waals surface area (Å²) in [5.41, 5.74) is 5.44. The quantitative estimate of drug-likeness (QED) is 0.0800. The van der Waals surface area contributed by atoms with Crippen LogP contribution in [0.3, 0.4) is 0 Å². The number of aromatic amines is 1. The number of amides is 6. The Balaban J connectivity index is 0.790. The molecule has 15 nitrogen and oxygen atoms in total. The first-order valence-corrected chi connectivity index (χ1v) is 22.7. The highest BCUT2D eigenvalue weighted by Gasteiger charge is 2.37. The van der Waals surface area contributed by atoms with Crippen molar-refractivity contribution >= 4 is 23.9 Å². The van der Waals surface area contributed by atoms with Gasteiger partial charge in [-0.15, -0.1) is 0 Å². The summed E-state index contributed by atoms with van der Waals surface area (Å²) in [6, 6.07) is 32.7. The molecular formula is C50H58N8O7. The second-order valence-corrected chi connectivity index (χ2v) is 16.5. The number of H-pyrrole nitrogens is 1. The highest BCUT2D eigenvalue weighted by Crippen LogP contribution is 2.34. The smallest absolute Gasteiger partial charge is 0.318 e. The average Bonchev–Trinajstić information content (AvgIpc) is 4.07. The van der Waals surface area contributed by atoms with Gasteiger partial charge in [-0.05, 0) is 72.1 Å². The van der Waals surface area contributed by atoms with Gasteiger partial charge in [-0.1, -0.05) is 97.1 Å². The topological polar surface area (TPSA) is 170 Å². The molecule has 0 bridgehead atoms. The fourth-order valence-corrected chi connectivity index (χ4v) is 8.47. The van der Waals surface area contributed by atoms with Gasteiger partial charge in [0.1, 0.15) is 23.7 Å². The van der Waals surface area contributed by atoms with Crippen molar-refractivity contribution in [2.24, 2.45) is 0 Å². The van der Waals surface area contributed by atoms with Crippen molar-refractivity contribution in [3.63, 3.8) is 0 Å². The summed E-state index contributed by atoms with van der Waals surface area (Å²) in [5.74, 6) is 1.13. The molecule has 0 radical (unpaired) electrons. The summed E-state index contributed by atoms with van der Waals surface area (Å²) < 4.78 is 16.8. The van der Waals surface area contributed by atoms with Gasteiger partial charge in [0, 0.05) is 39.3 Å². The van der Waals surface area contributed by atoms with E-state index in [4.69, 9.17) is 19.2 Å². The van der Waals surface area contributed by atoms with Crippen LogP contribution in [0.4, 0.5) is 9.59 Å². The number of unbranched alkanes of at least 4 members (excludes halogenated alkanes) is 2. The van der Waals surface area contributed by atoms with Crippen LogP contribution in [0.15, 0.2) is 115 Å². The molecule has 65 heavy (non-hydrogen) atoms. The van der Waals surface area contributed by atoms with Gasteiger partial charge in [-0.25, -0.2) is 14.6 Å². The number of ether oxygens (including phenoxy) is 3. The number of rotatable bonds is 16. The number of hydrogen-bond donors (Lipinski definition) is 4. The number of carbonyl (C=O) groups is 4. The van der Waals surface area contributed by atoms with Crippen LogP contribution >= 0.6 is 0 Å². The summed E-state index contributed by atoms with van der Waals surface area (Å²) in [6.07, 6.45) is 5.92. The maximum absolute atomic E-state index is 14.2. The Bertz CT molecular complexity index is 2320. The Kier molecular flexibility index (Phi) is 15.4. The zero-order chi connectivity index (χ0) is 44.8. The van der Waals surface area contributed by atoms with Gasteiger partial charge in [0.05, 0.1) is 51.0 Å². The molecule has 0 saturated carbocycles. The molecule has 6 amide bonds. The Morgan fingerprint density at radius 3 is 1.83 bits per heavy atom. The number of hydrogen-bond acceptors (Lipinski definition) is 8. The second kappa shape index (κ2) is 22.3. The van der Waals surface area contributed by atoms with Crippen molar-refractivity contribution in [3.05, 3.63) is 132 Å². The number of aromatic nitrogens is 2. The average molecular weight is 883 g/mol. The molecule has 3 aliphatic heterocycles. The standard InChI is InChI=1S/C50H58N8O7/c59-47(44(39-11-4-1-5-12-39)54-49(61)56-26-31-63-32-27-56)51-24-8-3-9-30-65-41-22-20-37(21-23-41)36-16-18-38(19-17-36)42-35-52-46(53-42)43-15-10-25-58(43)48(60)45(40-13-6-2-7-14-40)55-50(62)57-28-33-64-34-29-57/h1-2,4-7,11-14,16-23,35,43-45H,3,8-10,15,24-34H2,(H,51,59)(H,52,53)(H,54,61)(H,55,62). The number of nitrogens with one attached hydrogen (secondary N) is 4. The number of morpholine rings is 2. The van der Waals surface area contributed by atoms with Gasteiger partial charge >= 0.3 is 12.1 Å². The number of benzene rings is 4. The van der Waals surface area contributed by atoms with Crippen LogP contribution in [0.5, 0.6) is 5.75 Å². The van der Waals surface area contributed by atoms with Crippen LogP contribution in [0.25, 0.3) is 22.4 Å². The van der Waals surface area contributed by atoms with Crippen molar-refractivity contribution < 1.29 is 33.4 Å². The first-order valence-electron chi connectivity index (χ1n) is 22.7. The fourth-order valence-electron chi connectivity index (χ4n) is 8.47. The summed E-state index contributed by atoms with van der Waals surface area (Å²) in [5, 5.41) is 8.93. The van der Waals surface area contributed by atoms with E-state index in [-0.39, 0.29) is 29.9 Å². The maximum Gasteiger partial charge on any atom is 0.318 e. The molecule has 4 N–H and O–H groups in total. The third kappa shape index (κ3) is 11.7. The molecule has 3 aliphatic rings. The Labute approximate surface area is 379 Å². The van der Waals surface area contributed by atoms with E-state index in [1.807, 2.05) is 96.0 Å². The largest absolute Gasteiger partial charge is 0.494 e. The van der Waals surface area contributed by atoms with Crippen molar-refractivity contribution in [1.82, 2.24) is 40.6 Å². The molecule has 3 saturated heterocycles.